The van der Waals surface area contributed by atoms with Crippen LogP contribution in [0.25, 0.3) is 0 Å². The molecule has 0 saturated heterocycles. The standard InChI is InChI=1S/C12H15NO.C2H6/c1-8-6-9(2)11-10(7-8)4-5-13(3)12(11)14;1-2/h6-7H,4-5H2,1-3H3;1-2H3. The maximum atomic E-state index is 11.9. The summed E-state index contributed by atoms with van der Waals surface area (Å²) in [4.78, 5) is 13.7. The van der Waals surface area contributed by atoms with E-state index in [0.29, 0.717) is 0 Å². The summed E-state index contributed by atoms with van der Waals surface area (Å²) in [7, 11) is 1.87. The number of fused-ring (bicyclic) bond motifs is 1. The molecule has 1 heterocycles. The molecule has 0 bridgehead atoms. The SMILES string of the molecule is CC.Cc1cc(C)c2c(c1)CCN(C)C2=O. The van der Waals surface area contributed by atoms with E-state index in [0.717, 1.165) is 24.1 Å². The maximum absolute atomic E-state index is 11.9. The smallest absolute Gasteiger partial charge is 0.254 e. The molecule has 1 aliphatic heterocycles. The van der Waals surface area contributed by atoms with Crippen LogP contribution in [0.15, 0.2) is 12.1 Å². The van der Waals surface area contributed by atoms with Gasteiger partial charge in [0.25, 0.3) is 5.91 Å². The van der Waals surface area contributed by atoms with Gasteiger partial charge >= 0.3 is 0 Å². The van der Waals surface area contributed by atoms with Gasteiger partial charge in [0.1, 0.15) is 0 Å². The van der Waals surface area contributed by atoms with Crippen molar-refractivity contribution in [2.75, 3.05) is 13.6 Å². The van der Waals surface area contributed by atoms with Crippen molar-refractivity contribution in [3.63, 3.8) is 0 Å². The summed E-state index contributed by atoms with van der Waals surface area (Å²) < 4.78 is 0. The second-order valence-electron chi connectivity index (χ2n) is 4.09. The third kappa shape index (κ3) is 2.26. The van der Waals surface area contributed by atoms with Crippen molar-refractivity contribution in [2.24, 2.45) is 0 Å². The van der Waals surface area contributed by atoms with Gasteiger partial charge in [-0.2, -0.15) is 0 Å². The number of rotatable bonds is 0. The number of likely N-dealkylation sites (N-methyl/N-ethyl adjacent to an activating group) is 1. The molecule has 0 fully saturated rings. The minimum atomic E-state index is 0.170. The predicted octanol–water partition coefficient (Wildman–Crippen LogP) is 2.96. The Labute approximate surface area is 98.3 Å². The molecule has 0 aliphatic carbocycles. The zero-order chi connectivity index (χ0) is 12.3. The van der Waals surface area contributed by atoms with Crippen molar-refractivity contribution in [3.05, 3.63) is 34.4 Å². The van der Waals surface area contributed by atoms with E-state index in [4.69, 9.17) is 0 Å². The number of carbonyl (C=O) groups is 1. The van der Waals surface area contributed by atoms with Crippen LogP contribution in [0.1, 0.15) is 40.9 Å². The summed E-state index contributed by atoms with van der Waals surface area (Å²) in [5.41, 5.74) is 4.49. The van der Waals surface area contributed by atoms with Crippen LogP contribution in [0.2, 0.25) is 0 Å². The predicted molar refractivity (Wildman–Crippen MR) is 67.9 cm³/mol. The van der Waals surface area contributed by atoms with Gasteiger partial charge < -0.3 is 4.90 Å². The molecule has 0 saturated carbocycles. The molecule has 88 valence electrons. The number of aryl methyl sites for hydroxylation is 2. The number of amides is 1. The van der Waals surface area contributed by atoms with Gasteiger partial charge in [0.15, 0.2) is 0 Å². The first-order valence-corrected chi connectivity index (χ1v) is 5.95. The molecule has 0 radical (unpaired) electrons. The van der Waals surface area contributed by atoms with Crippen molar-refractivity contribution in [1.29, 1.82) is 0 Å². The largest absolute Gasteiger partial charge is 0.341 e. The van der Waals surface area contributed by atoms with Crippen LogP contribution in [0.4, 0.5) is 0 Å². The molecule has 16 heavy (non-hydrogen) atoms. The highest BCUT2D eigenvalue weighted by molar-refractivity contribution is 5.98. The van der Waals surface area contributed by atoms with Crippen LogP contribution < -0.4 is 0 Å². The number of carbonyl (C=O) groups excluding carboxylic acids is 1. The molecule has 2 heteroatoms. The van der Waals surface area contributed by atoms with Crippen molar-refractivity contribution in [2.45, 2.75) is 34.1 Å². The fourth-order valence-corrected chi connectivity index (χ4v) is 2.14. The molecule has 1 aromatic rings. The molecule has 2 rings (SSSR count). The zero-order valence-corrected chi connectivity index (χ0v) is 10.9. The molecule has 0 N–H and O–H groups in total. The van der Waals surface area contributed by atoms with Gasteiger partial charge in [0, 0.05) is 19.2 Å². The lowest BCUT2D eigenvalue weighted by atomic mass is 9.93. The van der Waals surface area contributed by atoms with Crippen LogP contribution >= 0.6 is 0 Å². The van der Waals surface area contributed by atoms with Crippen molar-refractivity contribution < 1.29 is 4.79 Å². The van der Waals surface area contributed by atoms with E-state index in [1.54, 1.807) is 4.90 Å². The summed E-state index contributed by atoms with van der Waals surface area (Å²) in [5, 5.41) is 0. The highest BCUT2D eigenvalue weighted by Gasteiger charge is 2.23. The lowest BCUT2D eigenvalue weighted by molar-refractivity contribution is 0.0780. The average Bonchev–Trinajstić information content (AvgIpc) is 2.26. The minimum absolute atomic E-state index is 0.170. The average molecular weight is 219 g/mol. The zero-order valence-electron chi connectivity index (χ0n) is 10.9. The van der Waals surface area contributed by atoms with Crippen LogP contribution in [-0.2, 0) is 6.42 Å². The molecule has 0 spiro atoms. The number of hydrogen-bond donors (Lipinski definition) is 0. The molecule has 1 amide bonds. The molecule has 0 atom stereocenters. The maximum Gasteiger partial charge on any atom is 0.254 e. The Morgan fingerprint density at radius 3 is 2.44 bits per heavy atom. The minimum Gasteiger partial charge on any atom is -0.341 e. The first kappa shape index (κ1) is 12.8. The van der Waals surface area contributed by atoms with E-state index in [1.807, 2.05) is 27.8 Å². The third-order valence-electron chi connectivity index (χ3n) is 2.84. The summed E-state index contributed by atoms with van der Waals surface area (Å²) in [6.07, 6.45) is 0.986. The second-order valence-corrected chi connectivity index (χ2v) is 4.09. The van der Waals surface area contributed by atoms with Gasteiger partial charge in [-0.3, -0.25) is 4.79 Å². The second kappa shape index (κ2) is 5.15. The van der Waals surface area contributed by atoms with Crippen molar-refractivity contribution in [1.82, 2.24) is 4.90 Å². The van der Waals surface area contributed by atoms with Gasteiger partial charge in [-0.15, -0.1) is 0 Å². The molecule has 0 aromatic heterocycles. The summed E-state index contributed by atoms with van der Waals surface area (Å²) >= 11 is 0. The highest BCUT2D eigenvalue weighted by atomic mass is 16.2. The molecular weight excluding hydrogens is 198 g/mol. The quantitative estimate of drug-likeness (QED) is 0.657. The molecule has 0 unspecified atom stereocenters. The first-order chi connectivity index (χ1) is 7.59. The summed E-state index contributed by atoms with van der Waals surface area (Å²) in [5.74, 6) is 0.170. The van der Waals surface area contributed by atoms with E-state index >= 15 is 0 Å². The number of nitrogens with zero attached hydrogens (tertiary/aromatic N) is 1. The Hall–Kier alpha value is -1.31. The topological polar surface area (TPSA) is 20.3 Å². The van der Waals surface area contributed by atoms with Crippen molar-refractivity contribution in [3.8, 4) is 0 Å². The number of hydrogen-bond acceptors (Lipinski definition) is 1. The summed E-state index contributed by atoms with van der Waals surface area (Å²) in [6, 6.07) is 4.21. The fourth-order valence-electron chi connectivity index (χ4n) is 2.14. The first-order valence-electron chi connectivity index (χ1n) is 5.95. The van der Waals surface area contributed by atoms with Gasteiger partial charge in [0.2, 0.25) is 0 Å². The number of benzene rings is 1. The van der Waals surface area contributed by atoms with Crippen LogP contribution in [0.5, 0.6) is 0 Å². The highest BCUT2D eigenvalue weighted by Crippen LogP contribution is 2.22. The Morgan fingerprint density at radius 2 is 1.81 bits per heavy atom. The molecular formula is C14H21NO. The van der Waals surface area contributed by atoms with E-state index in [9.17, 15) is 4.79 Å². The van der Waals surface area contributed by atoms with Gasteiger partial charge in [-0.05, 0) is 31.4 Å². The fraction of sp³-hybridized carbons (Fsp3) is 0.500. The normalized spacial score (nSPS) is 14.1. The monoisotopic (exact) mass is 219 g/mol. The van der Waals surface area contributed by atoms with E-state index in [-0.39, 0.29) is 5.91 Å². The van der Waals surface area contributed by atoms with Crippen LogP contribution in [-0.4, -0.2) is 24.4 Å². The van der Waals surface area contributed by atoms with E-state index < -0.39 is 0 Å². The van der Waals surface area contributed by atoms with E-state index in [2.05, 4.69) is 19.1 Å². The Morgan fingerprint density at radius 1 is 1.19 bits per heavy atom. The van der Waals surface area contributed by atoms with Gasteiger partial charge in [0.05, 0.1) is 0 Å². The lowest BCUT2D eigenvalue weighted by Gasteiger charge is -2.26. The van der Waals surface area contributed by atoms with Crippen molar-refractivity contribution >= 4 is 5.91 Å². The molecule has 2 nitrogen and oxygen atoms in total. The van der Waals surface area contributed by atoms with Crippen LogP contribution in [0, 0.1) is 13.8 Å². The third-order valence-corrected chi connectivity index (χ3v) is 2.84. The van der Waals surface area contributed by atoms with Gasteiger partial charge in [-0.1, -0.05) is 31.5 Å². The van der Waals surface area contributed by atoms with Crippen LogP contribution in [0.3, 0.4) is 0 Å². The lowest BCUT2D eigenvalue weighted by Crippen LogP contribution is -2.34. The Bertz CT molecular complexity index is 396. The molecule has 1 aliphatic rings. The Balaban J connectivity index is 0.000000606. The van der Waals surface area contributed by atoms with E-state index in [1.165, 1.54) is 11.1 Å². The Kier molecular flexibility index (Phi) is 4.11. The molecule has 1 aromatic carbocycles. The summed E-state index contributed by atoms with van der Waals surface area (Å²) in [6.45, 7) is 8.94. The van der Waals surface area contributed by atoms with Gasteiger partial charge in [-0.25, -0.2) is 0 Å².